The summed E-state index contributed by atoms with van der Waals surface area (Å²) in [6.07, 6.45) is 1.67. The number of rotatable bonds is 4. The summed E-state index contributed by atoms with van der Waals surface area (Å²) in [5, 5.41) is 21.5. The van der Waals surface area contributed by atoms with Gasteiger partial charge in [0.25, 0.3) is 0 Å². The Hall–Kier alpha value is -3.36. The third-order valence-electron chi connectivity index (χ3n) is 3.61. The number of anilines is 1. The molecule has 9 heteroatoms. The van der Waals surface area contributed by atoms with Crippen molar-refractivity contribution >= 4 is 11.5 Å². The number of fused-ring (bicyclic) bond motifs is 1. The molecule has 3 heterocycles. The molecule has 0 aliphatic carbocycles. The average Bonchev–Trinajstić information content (AvgIpc) is 3.27. The van der Waals surface area contributed by atoms with Crippen molar-refractivity contribution in [1.82, 2.24) is 35.2 Å². The van der Waals surface area contributed by atoms with Crippen LogP contribution in [0.1, 0.15) is 18.8 Å². The van der Waals surface area contributed by atoms with Gasteiger partial charge in [0.2, 0.25) is 0 Å². The second-order valence-electron chi connectivity index (χ2n) is 5.27. The van der Waals surface area contributed by atoms with Crippen LogP contribution in [0, 0.1) is 5.82 Å². The van der Waals surface area contributed by atoms with E-state index in [-0.39, 0.29) is 11.9 Å². The molecule has 0 saturated carbocycles. The van der Waals surface area contributed by atoms with Crippen LogP contribution >= 0.6 is 0 Å². The summed E-state index contributed by atoms with van der Waals surface area (Å²) in [5.41, 5.74) is 2.21. The molecular formula is C15H13FN8. The lowest BCUT2D eigenvalue weighted by molar-refractivity contribution is 0.628. The Balaban J connectivity index is 1.76. The molecule has 4 rings (SSSR count). The molecule has 1 atom stereocenters. The van der Waals surface area contributed by atoms with Gasteiger partial charge in [0.05, 0.1) is 17.9 Å². The predicted molar refractivity (Wildman–Crippen MR) is 84.6 cm³/mol. The molecule has 120 valence electrons. The molecule has 0 amide bonds. The molecule has 0 spiro atoms. The van der Waals surface area contributed by atoms with Gasteiger partial charge in [-0.1, -0.05) is 5.21 Å². The first-order valence-corrected chi connectivity index (χ1v) is 7.31. The predicted octanol–water partition coefficient (Wildman–Crippen LogP) is 2.22. The highest BCUT2D eigenvalue weighted by Crippen LogP contribution is 2.24. The van der Waals surface area contributed by atoms with Gasteiger partial charge in [-0.3, -0.25) is 0 Å². The zero-order chi connectivity index (χ0) is 16.5. The van der Waals surface area contributed by atoms with Crippen molar-refractivity contribution in [3.8, 4) is 11.3 Å². The van der Waals surface area contributed by atoms with Gasteiger partial charge in [-0.25, -0.2) is 9.37 Å². The van der Waals surface area contributed by atoms with Crippen molar-refractivity contribution in [2.24, 2.45) is 0 Å². The van der Waals surface area contributed by atoms with E-state index in [0.717, 1.165) is 11.4 Å². The van der Waals surface area contributed by atoms with Gasteiger partial charge in [0.15, 0.2) is 11.5 Å². The number of hydrogen-bond donors (Lipinski definition) is 2. The van der Waals surface area contributed by atoms with Gasteiger partial charge >= 0.3 is 0 Å². The quantitative estimate of drug-likeness (QED) is 0.597. The van der Waals surface area contributed by atoms with Gasteiger partial charge in [-0.2, -0.15) is 14.8 Å². The van der Waals surface area contributed by atoms with Crippen LogP contribution in [0.25, 0.3) is 16.9 Å². The molecule has 2 N–H and O–H groups in total. The maximum atomic E-state index is 13.1. The van der Waals surface area contributed by atoms with Crippen LogP contribution < -0.4 is 5.32 Å². The SMILES string of the molecule is CC(Nc1cc(-c2ccc(F)cc2)nc2ccnn12)c1nn[nH]n1. The zero-order valence-corrected chi connectivity index (χ0v) is 12.7. The summed E-state index contributed by atoms with van der Waals surface area (Å²) in [6.45, 7) is 1.91. The van der Waals surface area contributed by atoms with E-state index in [2.05, 4.69) is 36.0 Å². The topological polar surface area (TPSA) is 96.7 Å². The highest BCUT2D eigenvalue weighted by molar-refractivity contribution is 5.66. The fourth-order valence-corrected chi connectivity index (χ4v) is 2.42. The molecule has 0 radical (unpaired) electrons. The molecule has 0 saturated heterocycles. The van der Waals surface area contributed by atoms with E-state index in [1.54, 1.807) is 28.9 Å². The molecule has 0 aliphatic rings. The van der Waals surface area contributed by atoms with Crippen molar-refractivity contribution in [1.29, 1.82) is 0 Å². The number of aromatic amines is 1. The summed E-state index contributed by atoms with van der Waals surface area (Å²) >= 11 is 0. The third-order valence-corrected chi connectivity index (χ3v) is 3.61. The minimum absolute atomic E-state index is 0.181. The molecule has 1 aromatic carbocycles. The normalized spacial score (nSPS) is 12.4. The Labute approximate surface area is 135 Å². The first-order valence-electron chi connectivity index (χ1n) is 7.31. The van der Waals surface area contributed by atoms with Crippen molar-refractivity contribution in [3.05, 3.63) is 54.2 Å². The van der Waals surface area contributed by atoms with E-state index in [0.29, 0.717) is 17.2 Å². The molecule has 4 aromatic rings. The summed E-state index contributed by atoms with van der Waals surface area (Å²) in [6, 6.07) is 9.67. The van der Waals surface area contributed by atoms with Crippen LogP contribution in [0.5, 0.6) is 0 Å². The molecule has 3 aromatic heterocycles. The largest absolute Gasteiger partial charge is 0.360 e. The van der Waals surface area contributed by atoms with E-state index in [1.807, 2.05) is 13.0 Å². The van der Waals surface area contributed by atoms with E-state index in [1.165, 1.54) is 12.1 Å². The number of halogens is 1. The first kappa shape index (κ1) is 14.2. The van der Waals surface area contributed by atoms with Crippen LogP contribution in [-0.4, -0.2) is 35.2 Å². The summed E-state index contributed by atoms with van der Waals surface area (Å²) < 4.78 is 14.8. The maximum Gasteiger partial charge on any atom is 0.196 e. The third kappa shape index (κ3) is 2.56. The lowest BCUT2D eigenvalue weighted by atomic mass is 10.1. The molecule has 0 fully saturated rings. The Kier molecular flexibility index (Phi) is 3.38. The number of aromatic nitrogens is 7. The molecule has 0 aliphatic heterocycles. The summed E-state index contributed by atoms with van der Waals surface area (Å²) in [4.78, 5) is 4.55. The monoisotopic (exact) mass is 324 g/mol. The van der Waals surface area contributed by atoms with Crippen molar-refractivity contribution in [2.75, 3.05) is 5.32 Å². The van der Waals surface area contributed by atoms with Crippen LogP contribution in [0.2, 0.25) is 0 Å². The number of nitrogens with zero attached hydrogens (tertiary/aromatic N) is 6. The minimum atomic E-state index is -0.284. The van der Waals surface area contributed by atoms with Gasteiger partial charge in [-0.15, -0.1) is 10.2 Å². The molecule has 0 bridgehead atoms. The Morgan fingerprint density at radius 3 is 2.79 bits per heavy atom. The van der Waals surface area contributed by atoms with Gasteiger partial charge in [0, 0.05) is 17.7 Å². The summed E-state index contributed by atoms with van der Waals surface area (Å²) in [5.74, 6) is 0.977. The Morgan fingerprint density at radius 2 is 2.04 bits per heavy atom. The second-order valence-corrected chi connectivity index (χ2v) is 5.27. The molecule has 1 unspecified atom stereocenters. The number of benzene rings is 1. The highest BCUT2D eigenvalue weighted by Gasteiger charge is 2.14. The zero-order valence-electron chi connectivity index (χ0n) is 12.7. The summed E-state index contributed by atoms with van der Waals surface area (Å²) in [7, 11) is 0. The average molecular weight is 324 g/mol. The van der Waals surface area contributed by atoms with Crippen LogP contribution in [0.4, 0.5) is 10.2 Å². The Bertz CT molecular complexity index is 961. The number of tetrazole rings is 1. The van der Waals surface area contributed by atoms with E-state index in [9.17, 15) is 4.39 Å². The van der Waals surface area contributed by atoms with E-state index in [4.69, 9.17) is 0 Å². The van der Waals surface area contributed by atoms with Crippen molar-refractivity contribution < 1.29 is 4.39 Å². The highest BCUT2D eigenvalue weighted by atomic mass is 19.1. The second kappa shape index (κ2) is 5.69. The van der Waals surface area contributed by atoms with E-state index < -0.39 is 0 Å². The van der Waals surface area contributed by atoms with E-state index >= 15 is 0 Å². The molecule has 24 heavy (non-hydrogen) atoms. The first-order chi connectivity index (χ1) is 11.7. The fourth-order valence-electron chi connectivity index (χ4n) is 2.42. The van der Waals surface area contributed by atoms with Crippen molar-refractivity contribution in [3.63, 3.8) is 0 Å². The lowest BCUT2D eigenvalue weighted by Crippen LogP contribution is -2.12. The Morgan fingerprint density at radius 1 is 1.21 bits per heavy atom. The van der Waals surface area contributed by atoms with Gasteiger partial charge in [0.1, 0.15) is 11.6 Å². The lowest BCUT2D eigenvalue weighted by Gasteiger charge is -2.14. The molecule has 8 nitrogen and oxygen atoms in total. The number of hydrogen-bond acceptors (Lipinski definition) is 6. The minimum Gasteiger partial charge on any atom is -0.360 e. The van der Waals surface area contributed by atoms with Gasteiger partial charge in [-0.05, 0) is 31.2 Å². The fraction of sp³-hybridized carbons (Fsp3) is 0.133. The maximum absolute atomic E-state index is 13.1. The van der Waals surface area contributed by atoms with Gasteiger partial charge < -0.3 is 5.32 Å². The smallest absolute Gasteiger partial charge is 0.196 e. The van der Waals surface area contributed by atoms with Crippen molar-refractivity contribution in [2.45, 2.75) is 13.0 Å². The number of nitrogens with one attached hydrogen (secondary N) is 2. The molecular weight excluding hydrogens is 311 g/mol. The van der Waals surface area contributed by atoms with Crippen LogP contribution in [-0.2, 0) is 0 Å². The standard InChI is InChI=1S/C15H13FN8/c1-9(15-20-22-23-21-15)18-14-8-12(10-2-4-11(16)5-3-10)19-13-6-7-17-24(13)14/h2-9,18H,1H3,(H,20,21,22,23). The van der Waals surface area contributed by atoms with Crippen LogP contribution in [0.15, 0.2) is 42.6 Å². The van der Waals surface area contributed by atoms with Crippen LogP contribution in [0.3, 0.4) is 0 Å². The number of H-pyrrole nitrogens is 1.